The van der Waals surface area contributed by atoms with Crippen molar-refractivity contribution in [1.29, 1.82) is 5.26 Å². The van der Waals surface area contributed by atoms with Gasteiger partial charge in [-0.1, -0.05) is 6.07 Å². The minimum atomic E-state index is -0.517. The second kappa shape index (κ2) is 8.03. The van der Waals surface area contributed by atoms with Crippen LogP contribution >= 0.6 is 0 Å². The number of urea groups is 1. The molecule has 1 aromatic rings. The van der Waals surface area contributed by atoms with Gasteiger partial charge in [-0.05, 0) is 25.1 Å². The van der Waals surface area contributed by atoms with Crippen LogP contribution in [0.15, 0.2) is 24.3 Å². The molecule has 0 saturated carbocycles. The predicted octanol–water partition coefficient (Wildman–Crippen LogP) is 0.961. The molecule has 3 N–H and O–H groups in total. The van der Waals surface area contributed by atoms with Crippen LogP contribution in [0.3, 0.4) is 0 Å². The molecule has 0 aromatic heterocycles. The predicted molar refractivity (Wildman–Crippen MR) is 90.5 cm³/mol. The van der Waals surface area contributed by atoms with Crippen molar-refractivity contribution in [1.82, 2.24) is 10.6 Å². The topological polar surface area (TPSA) is 122 Å². The first-order chi connectivity index (χ1) is 12.6. The molecule has 2 fully saturated rings. The van der Waals surface area contributed by atoms with Crippen LogP contribution in [0, 0.1) is 11.3 Å². The van der Waals surface area contributed by atoms with Crippen LogP contribution in [0.1, 0.15) is 12.5 Å². The summed E-state index contributed by atoms with van der Waals surface area (Å²) in [5.74, 6) is 0. The summed E-state index contributed by atoms with van der Waals surface area (Å²) in [6.07, 6.45) is -1.82. The highest BCUT2D eigenvalue weighted by Gasteiger charge is 2.50. The van der Waals surface area contributed by atoms with Crippen molar-refractivity contribution < 1.29 is 23.8 Å². The summed E-state index contributed by atoms with van der Waals surface area (Å²) in [5.41, 5.74) is 0.971. The van der Waals surface area contributed by atoms with Crippen LogP contribution in [0.4, 0.5) is 15.3 Å². The van der Waals surface area contributed by atoms with E-state index in [0.29, 0.717) is 17.8 Å². The first kappa shape index (κ1) is 18.0. The fraction of sp³-hybridized carbons (Fsp3) is 0.471. The van der Waals surface area contributed by atoms with E-state index >= 15 is 0 Å². The van der Waals surface area contributed by atoms with Crippen LogP contribution in [0.2, 0.25) is 0 Å². The third-order valence-electron chi connectivity index (χ3n) is 4.15. The third-order valence-corrected chi connectivity index (χ3v) is 4.15. The maximum absolute atomic E-state index is 12.2. The molecule has 4 unspecified atom stereocenters. The Bertz CT molecular complexity index is 719. The number of nitrogens with one attached hydrogen (secondary N) is 3. The van der Waals surface area contributed by atoms with E-state index in [0.717, 1.165) is 0 Å². The molecule has 0 bridgehead atoms. The van der Waals surface area contributed by atoms with E-state index in [2.05, 4.69) is 16.0 Å². The van der Waals surface area contributed by atoms with Gasteiger partial charge < -0.3 is 30.2 Å². The Balaban J connectivity index is 1.53. The fourth-order valence-corrected chi connectivity index (χ4v) is 3.01. The highest BCUT2D eigenvalue weighted by atomic mass is 16.6. The number of hydrogen-bond donors (Lipinski definition) is 3. The lowest BCUT2D eigenvalue weighted by Gasteiger charge is -2.18. The zero-order valence-electron chi connectivity index (χ0n) is 14.2. The number of nitriles is 1. The molecule has 4 atom stereocenters. The summed E-state index contributed by atoms with van der Waals surface area (Å²) in [6, 6.07) is 7.84. The van der Waals surface area contributed by atoms with Crippen molar-refractivity contribution in [2.75, 3.05) is 25.1 Å². The van der Waals surface area contributed by atoms with E-state index in [1.54, 1.807) is 31.2 Å². The molecule has 138 valence electrons. The molecule has 26 heavy (non-hydrogen) atoms. The number of hydrogen-bond acceptors (Lipinski definition) is 6. The molecule has 0 radical (unpaired) electrons. The first-order valence-corrected chi connectivity index (χ1v) is 8.36. The molecule has 0 spiro atoms. The van der Waals surface area contributed by atoms with Crippen LogP contribution < -0.4 is 16.0 Å². The van der Waals surface area contributed by atoms with Crippen molar-refractivity contribution in [2.45, 2.75) is 31.3 Å². The van der Waals surface area contributed by atoms with Gasteiger partial charge in [-0.3, -0.25) is 0 Å². The van der Waals surface area contributed by atoms with E-state index in [-0.39, 0.29) is 25.4 Å². The molecular weight excluding hydrogens is 340 g/mol. The molecule has 2 heterocycles. The molecule has 1 aromatic carbocycles. The van der Waals surface area contributed by atoms with Gasteiger partial charge in [0.15, 0.2) is 6.10 Å². The van der Waals surface area contributed by atoms with Gasteiger partial charge in [-0.2, -0.15) is 5.26 Å². The van der Waals surface area contributed by atoms with Gasteiger partial charge in [0.1, 0.15) is 12.2 Å². The Kier molecular flexibility index (Phi) is 5.55. The highest BCUT2D eigenvalue weighted by Crippen LogP contribution is 2.29. The van der Waals surface area contributed by atoms with E-state index in [1.807, 2.05) is 6.07 Å². The molecular formula is C17H20N4O5. The minimum Gasteiger partial charge on any atom is -0.441 e. The summed E-state index contributed by atoms with van der Waals surface area (Å²) in [4.78, 5) is 23.7. The number of nitrogens with zero attached hydrogens (tertiary/aromatic N) is 1. The number of anilines is 1. The van der Waals surface area contributed by atoms with Crippen LogP contribution in [-0.4, -0.2) is 56.2 Å². The number of amides is 3. The SMILES string of the molecule is CCNC(=O)OC1COC2C(NC(=O)Nc3cccc(C#N)c3)COC12. The Morgan fingerprint density at radius 3 is 2.88 bits per heavy atom. The Hall–Kier alpha value is -2.83. The van der Waals surface area contributed by atoms with Gasteiger partial charge in [0, 0.05) is 12.2 Å². The summed E-state index contributed by atoms with van der Waals surface area (Å²) >= 11 is 0. The number of benzene rings is 1. The van der Waals surface area contributed by atoms with E-state index in [9.17, 15) is 9.59 Å². The van der Waals surface area contributed by atoms with Crippen LogP contribution in [-0.2, 0) is 14.2 Å². The number of fused-ring (bicyclic) bond motifs is 1. The summed E-state index contributed by atoms with van der Waals surface area (Å²) in [7, 11) is 0. The lowest BCUT2D eigenvalue weighted by Crippen LogP contribution is -2.46. The number of carbonyl (C=O) groups excluding carboxylic acids is 2. The normalized spacial score (nSPS) is 26.5. The monoisotopic (exact) mass is 360 g/mol. The number of ether oxygens (including phenoxy) is 3. The smallest absolute Gasteiger partial charge is 0.407 e. The highest BCUT2D eigenvalue weighted by molar-refractivity contribution is 5.89. The maximum Gasteiger partial charge on any atom is 0.407 e. The molecule has 3 amide bonds. The van der Waals surface area contributed by atoms with Gasteiger partial charge >= 0.3 is 12.1 Å². The summed E-state index contributed by atoms with van der Waals surface area (Å²) in [5, 5.41) is 16.9. The molecule has 0 aliphatic carbocycles. The molecule has 2 aliphatic rings. The number of alkyl carbamates (subject to hydrolysis) is 1. The average molecular weight is 360 g/mol. The zero-order valence-corrected chi connectivity index (χ0v) is 14.2. The molecule has 9 heteroatoms. The van der Waals surface area contributed by atoms with Gasteiger partial charge in [-0.15, -0.1) is 0 Å². The summed E-state index contributed by atoms with van der Waals surface area (Å²) in [6.45, 7) is 2.75. The average Bonchev–Trinajstić information content (AvgIpc) is 3.19. The Morgan fingerprint density at radius 2 is 2.12 bits per heavy atom. The number of rotatable bonds is 4. The van der Waals surface area contributed by atoms with E-state index < -0.39 is 24.3 Å². The van der Waals surface area contributed by atoms with Crippen molar-refractivity contribution in [2.24, 2.45) is 0 Å². The Labute approximate surface area is 150 Å². The van der Waals surface area contributed by atoms with Crippen molar-refractivity contribution >= 4 is 17.8 Å². The third kappa shape index (κ3) is 4.04. The first-order valence-electron chi connectivity index (χ1n) is 8.36. The quantitative estimate of drug-likeness (QED) is 0.735. The fourth-order valence-electron chi connectivity index (χ4n) is 3.01. The lowest BCUT2D eigenvalue weighted by atomic mass is 10.1. The largest absolute Gasteiger partial charge is 0.441 e. The molecule has 2 aliphatic heterocycles. The Morgan fingerprint density at radius 1 is 1.31 bits per heavy atom. The van der Waals surface area contributed by atoms with Gasteiger partial charge in [-0.25, -0.2) is 9.59 Å². The second-order valence-electron chi connectivity index (χ2n) is 5.97. The number of carbonyl (C=O) groups is 2. The minimum absolute atomic E-state index is 0.219. The van der Waals surface area contributed by atoms with Gasteiger partial charge in [0.05, 0.1) is 30.9 Å². The van der Waals surface area contributed by atoms with Crippen LogP contribution in [0.5, 0.6) is 0 Å². The summed E-state index contributed by atoms with van der Waals surface area (Å²) < 4.78 is 16.6. The van der Waals surface area contributed by atoms with E-state index in [1.165, 1.54) is 0 Å². The lowest BCUT2D eigenvalue weighted by molar-refractivity contribution is 0.00419. The molecule has 2 saturated heterocycles. The van der Waals surface area contributed by atoms with Gasteiger partial charge in [0.2, 0.25) is 0 Å². The standard InChI is InChI=1S/C17H20N4O5/c1-2-19-17(23)26-13-9-25-14-12(8-24-15(13)14)21-16(22)20-11-5-3-4-10(6-11)7-18/h3-6,12-15H,2,8-9H2,1H3,(H,19,23)(H2,20,21,22). The maximum atomic E-state index is 12.2. The van der Waals surface area contributed by atoms with Crippen molar-refractivity contribution in [3.8, 4) is 6.07 Å². The van der Waals surface area contributed by atoms with Crippen molar-refractivity contribution in [3.63, 3.8) is 0 Å². The second-order valence-corrected chi connectivity index (χ2v) is 5.97. The van der Waals surface area contributed by atoms with E-state index in [4.69, 9.17) is 19.5 Å². The van der Waals surface area contributed by atoms with Crippen LogP contribution in [0.25, 0.3) is 0 Å². The van der Waals surface area contributed by atoms with Crippen molar-refractivity contribution in [3.05, 3.63) is 29.8 Å². The zero-order chi connectivity index (χ0) is 18.5. The molecule has 9 nitrogen and oxygen atoms in total. The van der Waals surface area contributed by atoms with Gasteiger partial charge in [0.25, 0.3) is 0 Å². The molecule has 3 rings (SSSR count).